The summed E-state index contributed by atoms with van der Waals surface area (Å²) in [5, 5.41) is 22.5. The second-order valence-corrected chi connectivity index (χ2v) is 5.14. The zero-order valence-corrected chi connectivity index (χ0v) is 11.1. The molecule has 2 rings (SSSR count). The standard InChI is InChI=1S/C12H12ClFN2O4/c13-8-4-10(11(16(19)20)5-9(8)14)15-7-2-1-6(3-7)12(17)18/h4-7,15H,1-3H2,(H,17,18)/t6-,7+/m1/s1. The third-order valence-corrected chi connectivity index (χ3v) is 3.67. The van der Waals surface area contributed by atoms with Gasteiger partial charge in [0.15, 0.2) is 0 Å². The average Bonchev–Trinajstić information content (AvgIpc) is 2.82. The van der Waals surface area contributed by atoms with Crippen molar-refractivity contribution in [2.24, 2.45) is 5.92 Å². The normalized spacial score (nSPS) is 21.7. The molecule has 0 bridgehead atoms. The van der Waals surface area contributed by atoms with Crippen LogP contribution in [0.1, 0.15) is 19.3 Å². The van der Waals surface area contributed by atoms with Crippen LogP contribution in [-0.4, -0.2) is 22.0 Å². The van der Waals surface area contributed by atoms with Crippen LogP contribution in [-0.2, 0) is 4.79 Å². The topological polar surface area (TPSA) is 92.5 Å². The molecule has 2 atom stereocenters. The number of nitro groups is 1. The number of benzene rings is 1. The van der Waals surface area contributed by atoms with E-state index in [0.717, 1.165) is 12.1 Å². The molecule has 1 saturated carbocycles. The summed E-state index contributed by atoms with van der Waals surface area (Å²) in [6, 6.07) is 1.72. The number of hydrogen-bond acceptors (Lipinski definition) is 4. The summed E-state index contributed by atoms with van der Waals surface area (Å²) < 4.78 is 13.3. The van der Waals surface area contributed by atoms with Crippen LogP contribution in [0.4, 0.5) is 15.8 Å². The maximum Gasteiger partial charge on any atom is 0.306 e. The number of carboxylic acids is 1. The van der Waals surface area contributed by atoms with Gasteiger partial charge in [0.05, 0.1) is 21.9 Å². The fraction of sp³-hybridized carbons (Fsp3) is 0.417. The Kier molecular flexibility index (Phi) is 4.08. The summed E-state index contributed by atoms with van der Waals surface area (Å²) in [6.07, 6.45) is 1.47. The zero-order valence-electron chi connectivity index (χ0n) is 10.3. The zero-order chi connectivity index (χ0) is 14.9. The predicted octanol–water partition coefficient (Wildman–Crippen LogP) is 3.05. The van der Waals surface area contributed by atoms with Gasteiger partial charge in [0, 0.05) is 6.04 Å². The number of carboxylic acid groups (broad SMARTS) is 1. The van der Waals surface area contributed by atoms with E-state index in [9.17, 15) is 19.3 Å². The number of anilines is 1. The molecule has 2 N–H and O–H groups in total. The van der Waals surface area contributed by atoms with Crippen LogP contribution >= 0.6 is 11.6 Å². The average molecular weight is 303 g/mol. The van der Waals surface area contributed by atoms with Crippen LogP contribution in [0.3, 0.4) is 0 Å². The third-order valence-electron chi connectivity index (χ3n) is 3.38. The Morgan fingerprint density at radius 3 is 2.75 bits per heavy atom. The van der Waals surface area contributed by atoms with E-state index in [1.54, 1.807) is 0 Å². The summed E-state index contributed by atoms with van der Waals surface area (Å²) in [6.45, 7) is 0. The van der Waals surface area contributed by atoms with Gasteiger partial charge in [-0.15, -0.1) is 0 Å². The first-order chi connectivity index (χ1) is 9.38. The summed E-state index contributed by atoms with van der Waals surface area (Å²) in [7, 11) is 0. The minimum Gasteiger partial charge on any atom is -0.481 e. The van der Waals surface area contributed by atoms with Crippen LogP contribution in [0, 0.1) is 21.8 Å². The quantitative estimate of drug-likeness (QED) is 0.658. The van der Waals surface area contributed by atoms with Gasteiger partial charge in [-0.1, -0.05) is 11.6 Å². The molecule has 1 aliphatic rings. The Morgan fingerprint density at radius 2 is 2.20 bits per heavy atom. The first-order valence-corrected chi connectivity index (χ1v) is 6.39. The number of aliphatic carboxylic acids is 1. The van der Waals surface area contributed by atoms with Crippen molar-refractivity contribution in [1.82, 2.24) is 0 Å². The number of nitro benzene ring substituents is 1. The first-order valence-electron chi connectivity index (χ1n) is 6.01. The van der Waals surface area contributed by atoms with Crippen molar-refractivity contribution >= 4 is 28.9 Å². The number of hydrogen-bond donors (Lipinski definition) is 2. The Hall–Kier alpha value is -1.89. The molecule has 0 heterocycles. The van der Waals surface area contributed by atoms with Crippen LogP contribution in [0.5, 0.6) is 0 Å². The van der Waals surface area contributed by atoms with Crippen molar-refractivity contribution in [1.29, 1.82) is 0 Å². The summed E-state index contributed by atoms with van der Waals surface area (Å²) in [5.74, 6) is -2.19. The van der Waals surface area contributed by atoms with Crippen molar-refractivity contribution in [3.8, 4) is 0 Å². The molecule has 0 aliphatic heterocycles. The lowest BCUT2D eigenvalue weighted by molar-refractivity contribution is -0.384. The number of halogens is 2. The van der Waals surface area contributed by atoms with Gasteiger partial charge < -0.3 is 10.4 Å². The molecule has 0 aromatic heterocycles. The number of nitrogens with one attached hydrogen (secondary N) is 1. The fourth-order valence-corrected chi connectivity index (χ4v) is 2.52. The lowest BCUT2D eigenvalue weighted by Gasteiger charge is -2.14. The first kappa shape index (κ1) is 14.5. The van der Waals surface area contributed by atoms with Gasteiger partial charge >= 0.3 is 5.97 Å². The maximum atomic E-state index is 13.3. The van der Waals surface area contributed by atoms with Crippen LogP contribution in [0.2, 0.25) is 5.02 Å². The van der Waals surface area contributed by atoms with Gasteiger partial charge in [-0.2, -0.15) is 0 Å². The lowest BCUT2D eigenvalue weighted by Crippen LogP contribution is -2.18. The minimum absolute atomic E-state index is 0.109. The number of rotatable bonds is 4. The lowest BCUT2D eigenvalue weighted by atomic mass is 10.1. The fourth-order valence-electron chi connectivity index (χ4n) is 2.36. The molecule has 0 saturated heterocycles. The van der Waals surface area contributed by atoms with E-state index < -0.39 is 28.3 Å². The van der Waals surface area contributed by atoms with Gasteiger partial charge in [0.2, 0.25) is 0 Å². The molecule has 0 radical (unpaired) electrons. The molecule has 6 nitrogen and oxygen atoms in total. The Balaban J connectivity index is 2.19. The Bertz CT molecular complexity index is 567. The van der Waals surface area contributed by atoms with Crippen molar-refractivity contribution in [2.75, 3.05) is 5.32 Å². The Labute approximate surface area is 118 Å². The highest BCUT2D eigenvalue weighted by Gasteiger charge is 2.31. The van der Waals surface area contributed by atoms with Crippen LogP contribution in [0.15, 0.2) is 12.1 Å². The highest BCUT2D eigenvalue weighted by Crippen LogP contribution is 2.34. The molecule has 1 aliphatic carbocycles. The largest absolute Gasteiger partial charge is 0.481 e. The molecule has 1 aromatic carbocycles. The number of nitrogens with zero attached hydrogens (tertiary/aromatic N) is 1. The SMILES string of the molecule is O=C(O)[C@@H]1CC[C@H](Nc2cc(Cl)c(F)cc2[N+](=O)[O-])C1. The number of carbonyl (C=O) groups is 1. The van der Waals surface area contributed by atoms with E-state index in [-0.39, 0.29) is 16.8 Å². The molecule has 8 heteroatoms. The highest BCUT2D eigenvalue weighted by molar-refractivity contribution is 6.31. The molecular weight excluding hydrogens is 291 g/mol. The van der Waals surface area contributed by atoms with E-state index in [1.165, 1.54) is 0 Å². The van der Waals surface area contributed by atoms with Gasteiger partial charge in [0.25, 0.3) is 5.69 Å². The smallest absolute Gasteiger partial charge is 0.306 e. The molecule has 0 unspecified atom stereocenters. The van der Waals surface area contributed by atoms with Gasteiger partial charge in [0.1, 0.15) is 11.5 Å². The van der Waals surface area contributed by atoms with Crippen LogP contribution in [0.25, 0.3) is 0 Å². The van der Waals surface area contributed by atoms with E-state index in [1.807, 2.05) is 0 Å². The van der Waals surface area contributed by atoms with Gasteiger partial charge in [-0.3, -0.25) is 14.9 Å². The molecular formula is C12H12ClFN2O4. The molecule has 0 spiro atoms. The molecule has 108 valence electrons. The molecule has 20 heavy (non-hydrogen) atoms. The van der Waals surface area contributed by atoms with E-state index >= 15 is 0 Å². The van der Waals surface area contributed by atoms with Crippen molar-refractivity contribution in [2.45, 2.75) is 25.3 Å². The van der Waals surface area contributed by atoms with E-state index in [4.69, 9.17) is 16.7 Å². The van der Waals surface area contributed by atoms with Crippen molar-refractivity contribution in [3.05, 3.63) is 33.1 Å². The molecule has 1 fully saturated rings. The second-order valence-electron chi connectivity index (χ2n) is 4.73. The van der Waals surface area contributed by atoms with Crippen molar-refractivity contribution in [3.63, 3.8) is 0 Å². The Morgan fingerprint density at radius 1 is 1.50 bits per heavy atom. The third kappa shape index (κ3) is 2.98. The van der Waals surface area contributed by atoms with Crippen molar-refractivity contribution < 1.29 is 19.2 Å². The molecule has 1 aromatic rings. The summed E-state index contributed by atoms with van der Waals surface area (Å²) in [4.78, 5) is 21.1. The summed E-state index contributed by atoms with van der Waals surface area (Å²) >= 11 is 5.62. The molecule has 0 amide bonds. The predicted molar refractivity (Wildman–Crippen MR) is 70.5 cm³/mol. The minimum atomic E-state index is -0.874. The maximum absolute atomic E-state index is 13.3. The monoisotopic (exact) mass is 302 g/mol. The van der Waals surface area contributed by atoms with Gasteiger partial charge in [-0.25, -0.2) is 4.39 Å². The highest BCUT2D eigenvalue weighted by atomic mass is 35.5. The summed E-state index contributed by atoms with van der Waals surface area (Å²) in [5.41, 5.74) is -0.303. The van der Waals surface area contributed by atoms with E-state index in [2.05, 4.69) is 5.32 Å². The van der Waals surface area contributed by atoms with Gasteiger partial charge in [-0.05, 0) is 25.3 Å². The van der Waals surface area contributed by atoms with E-state index in [0.29, 0.717) is 19.3 Å². The second kappa shape index (κ2) is 5.62. The van der Waals surface area contributed by atoms with Crippen LogP contribution < -0.4 is 5.32 Å².